The van der Waals surface area contributed by atoms with Crippen LogP contribution in [0.2, 0.25) is 0 Å². The summed E-state index contributed by atoms with van der Waals surface area (Å²) in [5, 5.41) is 5.65. The first-order valence-corrected chi connectivity index (χ1v) is 8.11. The molecule has 1 aliphatic heterocycles. The Balaban J connectivity index is 1.96. The molecule has 1 aromatic carbocycles. The molecule has 2 amide bonds. The van der Waals surface area contributed by atoms with E-state index in [1.54, 1.807) is 0 Å². The third-order valence-corrected chi connectivity index (χ3v) is 3.87. The van der Waals surface area contributed by atoms with Gasteiger partial charge in [0.25, 0.3) is 0 Å². The molecular weight excluding hydrogens is 294 g/mol. The molecule has 1 fully saturated rings. The second-order valence-corrected chi connectivity index (χ2v) is 5.72. The molecule has 0 radical (unpaired) electrons. The van der Waals surface area contributed by atoms with E-state index in [9.17, 15) is 9.59 Å². The molecule has 1 unspecified atom stereocenters. The summed E-state index contributed by atoms with van der Waals surface area (Å²) < 4.78 is 5.36. The summed E-state index contributed by atoms with van der Waals surface area (Å²) in [6.07, 6.45) is 0.676. The van der Waals surface area contributed by atoms with E-state index in [-0.39, 0.29) is 24.3 Å². The van der Waals surface area contributed by atoms with Crippen LogP contribution in [0.25, 0.3) is 0 Å². The molecule has 1 saturated heterocycles. The number of nitrogens with one attached hydrogen (secondary N) is 2. The van der Waals surface area contributed by atoms with Gasteiger partial charge in [-0.05, 0) is 25.5 Å². The lowest BCUT2D eigenvalue weighted by atomic mass is 10.2. The zero-order chi connectivity index (χ0) is 16.7. The van der Waals surface area contributed by atoms with Crippen molar-refractivity contribution >= 4 is 23.2 Å². The average Bonchev–Trinajstić information content (AvgIpc) is 2.55. The Morgan fingerprint density at radius 1 is 1.22 bits per heavy atom. The minimum atomic E-state index is -0.300. The van der Waals surface area contributed by atoms with Gasteiger partial charge in [-0.3, -0.25) is 9.59 Å². The van der Waals surface area contributed by atoms with Crippen LogP contribution in [-0.4, -0.2) is 44.2 Å². The fraction of sp³-hybridized carbons (Fsp3) is 0.529. The number of hydrogen-bond acceptors (Lipinski definition) is 4. The maximum Gasteiger partial charge on any atom is 0.233 e. The molecule has 1 aliphatic rings. The number of carbonyl (C=O) groups is 2. The highest BCUT2D eigenvalue weighted by Crippen LogP contribution is 2.26. The maximum absolute atomic E-state index is 12.1. The van der Waals surface area contributed by atoms with E-state index >= 15 is 0 Å². The lowest BCUT2D eigenvalue weighted by Gasteiger charge is -2.30. The molecule has 1 atom stereocenters. The van der Waals surface area contributed by atoms with Crippen molar-refractivity contribution in [2.45, 2.75) is 32.7 Å². The van der Waals surface area contributed by atoms with Crippen LogP contribution in [0.15, 0.2) is 24.3 Å². The largest absolute Gasteiger partial charge is 0.378 e. The molecule has 0 aliphatic carbocycles. The van der Waals surface area contributed by atoms with Crippen LogP contribution < -0.4 is 15.5 Å². The van der Waals surface area contributed by atoms with Crippen LogP contribution in [0.1, 0.15) is 26.7 Å². The van der Waals surface area contributed by atoms with Crippen molar-refractivity contribution in [1.29, 1.82) is 0 Å². The standard InChI is InChI=1S/C17H25N3O3/c1-3-13(2)18-16(21)12-17(22)19-14-6-4-5-7-15(14)20-8-10-23-11-9-20/h4-7,13H,3,8-12H2,1-2H3,(H,18,21)(H,19,22). The van der Waals surface area contributed by atoms with E-state index in [2.05, 4.69) is 15.5 Å². The van der Waals surface area contributed by atoms with Gasteiger partial charge in [0, 0.05) is 19.1 Å². The van der Waals surface area contributed by atoms with Crippen LogP contribution >= 0.6 is 0 Å². The van der Waals surface area contributed by atoms with Gasteiger partial charge in [0.2, 0.25) is 11.8 Å². The van der Waals surface area contributed by atoms with Crippen LogP contribution in [0.4, 0.5) is 11.4 Å². The second kappa shape index (κ2) is 8.53. The van der Waals surface area contributed by atoms with Crippen LogP contribution in [0.3, 0.4) is 0 Å². The molecule has 1 aromatic rings. The number of anilines is 2. The predicted octanol–water partition coefficient (Wildman–Crippen LogP) is 1.77. The minimum Gasteiger partial charge on any atom is -0.378 e. The van der Waals surface area contributed by atoms with Gasteiger partial charge in [-0.2, -0.15) is 0 Å². The number of benzene rings is 1. The van der Waals surface area contributed by atoms with E-state index in [1.807, 2.05) is 38.1 Å². The lowest BCUT2D eigenvalue weighted by Crippen LogP contribution is -2.37. The normalized spacial score (nSPS) is 15.8. The number of carbonyl (C=O) groups excluding carboxylic acids is 2. The molecule has 2 N–H and O–H groups in total. The number of para-hydroxylation sites is 2. The number of hydrogen-bond donors (Lipinski definition) is 2. The molecule has 0 aromatic heterocycles. The first-order chi connectivity index (χ1) is 11.1. The lowest BCUT2D eigenvalue weighted by molar-refractivity contribution is -0.127. The highest BCUT2D eigenvalue weighted by molar-refractivity contribution is 6.05. The maximum atomic E-state index is 12.1. The van der Waals surface area contributed by atoms with Crippen LogP contribution in [-0.2, 0) is 14.3 Å². The van der Waals surface area contributed by atoms with E-state index in [0.29, 0.717) is 13.2 Å². The van der Waals surface area contributed by atoms with Crippen molar-refractivity contribution in [2.24, 2.45) is 0 Å². The molecule has 0 saturated carbocycles. The summed E-state index contributed by atoms with van der Waals surface area (Å²) in [4.78, 5) is 26.1. The Hall–Kier alpha value is -2.08. The number of amides is 2. The second-order valence-electron chi connectivity index (χ2n) is 5.72. The summed E-state index contributed by atoms with van der Waals surface area (Å²) in [5.74, 6) is -0.549. The molecule has 23 heavy (non-hydrogen) atoms. The summed E-state index contributed by atoms with van der Waals surface area (Å²) in [6, 6.07) is 7.72. The van der Waals surface area contributed by atoms with Crippen molar-refractivity contribution in [3.05, 3.63) is 24.3 Å². The Kier molecular flexibility index (Phi) is 6.40. The Morgan fingerprint density at radius 2 is 1.91 bits per heavy atom. The smallest absolute Gasteiger partial charge is 0.233 e. The zero-order valence-electron chi connectivity index (χ0n) is 13.8. The van der Waals surface area contributed by atoms with Crippen molar-refractivity contribution in [2.75, 3.05) is 36.5 Å². The molecule has 2 rings (SSSR count). The average molecular weight is 319 g/mol. The first-order valence-electron chi connectivity index (χ1n) is 8.11. The predicted molar refractivity (Wildman–Crippen MR) is 90.6 cm³/mol. The van der Waals surface area contributed by atoms with Crippen molar-refractivity contribution < 1.29 is 14.3 Å². The molecule has 6 nitrogen and oxygen atoms in total. The van der Waals surface area contributed by atoms with E-state index in [4.69, 9.17) is 4.74 Å². The van der Waals surface area contributed by atoms with E-state index in [1.165, 1.54) is 0 Å². The van der Waals surface area contributed by atoms with Crippen molar-refractivity contribution in [3.63, 3.8) is 0 Å². The van der Waals surface area contributed by atoms with Crippen LogP contribution in [0, 0.1) is 0 Å². The van der Waals surface area contributed by atoms with Crippen molar-refractivity contribution in [1.82, 2.24) is 5.32 Å². The first kappa shape index (κ1) is 17.3. The number of nitrogens with zero attached hydrogens (tertiary/aromatic N) is 1. The van der Waals surface area contributed by atoms with E-state index in [0.717, 1.165) is 30.9 Å². The van der Waals surface area contributed by atoms with Gasteiger partial charge >= 0.3 is 0 Å². The van der Waals surface area contributed by atoms with E-state index < -0.39 is 0 Å². The molecule has 126 valence electrons. The quantitative estimate of drug-likeness (QED) is 0.784. The summed E-state index contributed by atoms with van der Waals surface area (Å²) >= 11 is 0. The van der Waals surface area contributed by atoms with Gasteiger partial charge in [0.1, 0.15) is 6.42 Å². The minimum absolute atomic E-state index is 0.0796. The third-order valence-electron chi connectivity index (χ3n) is 3.87. The topological polar surface area (TPSA) is 70.7 Å². The van der Waals surface area contributed by atoms with Gasteiger partial charge in [-0.15, -0.1) is 0 Å². The van der Waals surface area contributed by atoms with Crippen LogP contribution in [0.5, 0.6) is 0 Å². The Bertz CT molecular complexity index is 542. The molecule has 0 bridgehead atoms. The van der Waals surface area contributed by atoms with Gasteiger partial charge < -0.3 is 20.3 Å². The number of rotatable bonds is 6. The fourth-order valence-electron chi connectivity index (χ4n) is 2.43. The molecule has 6 heteroatoms. The zero-order valence-corrected chi connectivity index (χ0v) is 13.8. The third kappa shape index (κ3) is 5.25. The Morgan fingerprint density at radius 3 is 2.61 bits per heavy atom. The van der Waals surface area contributed by atoms with Gasteiger partial charge in [0.05, 0.1) is 24.6 Å². The van der Waals surface area contributed by atoms with Gasteiger partial charge in [-0.1, -0.05) is 19.1 Å². The summed E-state index contributed by atoms with van der Waals surface area (Å²) in [6.45, 7) is 6.86. The monoisotopic (exact) mass is 319 g/mol. The Labute approximate surface area is 137 Å². The molecule has 0 spiro atoms. The number of morpholine rings is 1. The number of ether oxygens (including phenoxy) is 1. The fourth-order valence-corrected chi connectivity index (χ4v) is 2.43. The highest BCUT2D eigenvalue weighted by atomic mass is 16.5. The summed E-state index contributed by atoms with van der Waals surface area (Å²) in [7, 11) is 0. The van der Waals surface area contributed by atoms with Gasteiger partial charge in [0.15, 0.2) is 0 Å². The van der Waals surface area contributed by atoms with Crippen molar-refractivity contribution in [3.8, 4) is 0 Å². The highest BCUT2D eigenvalue weighted by Gasteiger charge is 2.17. The molecular formula is C17H25N3O3. The van der Waals surface area contributed by atoms with Gasteiger partial charge in [-0.25, -0.2) is 0 Å². The SMILES string of the molecule is CCC(C)NC(=O)CC(=O)Nc1ccccc1N1CCOCC1. The molecule has 1 heterocycles. The summed E-state index contributed by atoms with van der Waals surface area (Å²) in [5.41, 5.74) is 1.70.